The van der Waals surface area contributed by atoms with Crippen LogP contribution >= 0.6 is 11.8 Å². The lowest BCUT2D eigenvalue weighted by Gasteiger charge is -2.19. The number of rotatable bonds is 11. The summed E-state index contributed by atoms with van der Waals surface area (Å²) in [6.45, 7) is 9.09. The van der Waals surface area contributed by atoms with Gasteiger partial charge in [-0.25, -0.2) is 0 Å². The minimum atomic E-state index is -0.531. The second kappa shape index (κ2) is 13.1. The molecule has 35 heavy (non-hydrogen) atoms. The first-order valence-electron chi connectivity index (χ1n) is 11.8. The van der Waals surface area contributed by atoms with Gasteiger partial charge in [0.25, 0.3) is 11.8 Å². The molecule has 0 saturated heterocycles. The van der Waals surface area contributed by atoms with Crippen molar-refractivity contribution in [2.24, 2.45) is 4.99 Å². The number of aliphatic imine (C=N–C) groups is 1. The van der Waals surface area contributed by atoms with Crippen LogP contribution in [0.1, 0.15) is 48.7 Å². The lowest BCUT2D eigenvalue weighted by atomic mass is 10.1. The molecule has 0 aromatic heterocycles. The Morgan fingerprint density at radius 2 is 1.77 bits per heavy atom. The summed E-state index contributed by atoms with van der Waals surface area (Å²) in [6, 6.07) is 14.6. The molecule has 186 valence electrons. The van der Waals surface area contributed by atoms with Crippen molar-refractivity contribution in [3.63, 3.8) is 0 Å². The van der Waals surface area contributed by atoms with Crippen LogP contribution in [0.5, 0.6) is 0 Å². The van der Waals surface area contributed by atoms with E-state index >= 15 is 0 Å². The number of carbonyl (C=O) groups is 3. The molecule has 1 aliphatic heterocycles. The van der Waals surface area contributed by atoms with Gasteiger partial charge in [-0.2, -0.15) is 4.99 Å². The van der Waals surface area contributed by atoms with Crippen LogP contribution in [0.15, 0.2) is 53.5 Å². The van der Waals surface area contributed by atoms with Crippen molar-refractivity contribution in [1.82, 2.24) is 10.2 Å². The molecule has 0 fully saturated rings. The second-order valence-corrected chi connectivity index (χ2v) is 9.15. The Kier molecular flexibility index (Phi) is 9.86. The molecule has 2 aromatic rings. The summed E-state index contributed by atoms with van der Waals surface area (Å²) in [6.07, 6.45) is 0.0213. The molecule has 1 aliphatic rings. The normalized spacial score (nSPS) is 15.0. The average Bonchev–Trinajstić information content (AvgIpc) is 3.22. The number of nitrogens with zero attached hydrogens (tertiary/aromatic N) is 2. The summed E-state index contributed by atoms with van der Waals surface area (Å²) in [5.41, 5.74) is 3.00. The maximum Gasteiger partial charge on any atom is 0.262 e. The summed E-state index contributed by atoms with van der Waals surface area (Å²) in [5.74, 6) is -0.819. The first-order chi connectivity index (χ1) is 16.9. The number of ether oxygens (including phenoxy) is 1. The Morgan fingerprint density at radius 3 is 2.46 bits per heavy atom. The minimum Gasteiger partial charge on any atom is -0.377 e. The molecule has 2 aromatic carbocycles. The molecular weight excluding hydrogens is 464 g/mol. The minimum absolute atomic E-state index is 0.0213. The molecule has 0 aliphatic carbocycles. The fourth-order valence-corrected chi connectivity index (χ4v) is 4.71. The van der Waals surface area contributed by atoms with Gasteiger partial charge in [0.05, 0.1) is 6.61 Å². The largest absolute Gasteiger partial charge is 0.377 e. The van der Waals surface area contributed by atoms with Gasteiger partial charge in [-0.15, -0.1) is 0 Å². The number of amidine groups is 1. The summed E-state index contributed by atoms with van der Waals surface area (Å²) in [7, 11) is 0. The van der Waals surface area contributed by atoms with Crippen molar-refractivity contribution in [2.75, 3.05) is 25.0 Å². The summed E-state index contributed by atoms with van der Waals surface area (Å²) >= 11 is 1.33. The smallest absolute Gasteiger partial charge is 0.262 e. The standard InChI is InChI=1S/C26H32N4O4S/c1-4-30(5-2)26-29-25(33)22(35-26)15-23(31)28-21-9-7-8-20(14-21)24(32)27-16-18-10-12-19(13-11-18)17-34-6-3/h7-14,22H,4-6,15-17H2,1-3H3,(H,27,32)(H,28,31). The highest BCUT2D eigenvalue weighted by molar-refractivity contribution is 8.15. The number of hydrogen-bond acceptors (Lipinski definition) is 6. The van der Waals surface area contributed by atoms with Gasteiger partial charge in [-0.1, -0.05) is 42.1 Å². The van der Waals surface area contributed by atoms with Crippen molar-refractivity contribution in [2.45, 2.75) is 45.6 Å². The first kappa shape index (κ1) is 26.4. The van der Waals surface area contributed by atoms with Gasteiger partial charge in [-0.05, 0) is 50.1 Å². The highest BCUT2D eigenvalue weighted by Gasteiger charge is 2.32. The van der Waals surface area contributed by atoms with E-state index in [2.05, 4.69) is 15.6 Å². The molecular formula is C26H32N4O4S. The van der Waals surface area contributed by atoms with Crippen LogP contribution in [0.4, 0.5) is 5.69 Å². The molecule has 9 heteroatoms. The highest BCUT2D eigenvalue weighted by atomic mass is 32.2. The zero-order chi connectivity index (χ0) is 25.2. The SMILES string of the molecule is CCOCc1ccc(CNC(=O)c2cccc(NC(=O)CC3SC(N(CC)CC)=NC3=O)c2)cc1. The summed E-state index contributed by atoms with van der Waals surface area (Å²) < 4.78 is 5.39. The molecule has 0 spiro atoms. The van der Waals surface area contributed by atoms with Gasteiger partial charge >= 0.3 is 0 Å². The van der Waals surface area contributed by atoms with Crippen molar-refractivity contribution in [1.29, 1.82) is 0 Å². The maximum atomic E-state index is 12.6. The number of benzene rings is 2. The molecule has 1 heterocycles. The fourth-order valence-electron chi connectivity index (χ4n) is 3.51. The van der Waals surface area contributed by atoms with E-state index in [1.165, 1.54) is 11.8 Å². The van der Waals surface area contributed by atoms with E-state index in [-0.39, 0.29) is 24.1 Å². The van der Waals surface area contributed by atoms with Crippen molar-refractivity contribution >= 4 is 40.3 Å². The van der Waals surface area contributed by atoms with Gasteiger partial charge in [-0.3, -0.25) is 14.4 Å². The third-order valence-electron chi connectivity index (χ3n) is 5.49. The zero-order valence-corrected chi connectivity index (χ0v) is 21.2. The lowest BCUT2D eigenvalue weighted by molar-refractivity contribution is -0.121. The van der Waals surface area contributed by atoms with E-state index in [0.29, 0.717) is 36.2 Å². The van der Waals surface area contributed by atoms with Gasteiger partial charge in [0, 0.05) is 43.9 Å². The third kappa shape index (κ3) is 7.66. The van der Waals surface area contributed by atoms with Crippen LogP contribution in [0, 0.1) is 0 Å². The Balaban J connectivity index is 1.51. The Labute approximate surface area is 210 Å². The summed E-state index contributed by atoms with van der Waals surface area (Å²) in [5, 5.41) is 5.83. The third-order valence-corrected chi connectivity index (χ3v) is 6.70. The van der Waals surface area contributed by atoms with Crippen molar-refractivity contribution in [3.8, 4) is 0 Å². The molecule has 1 unspecified atom stereocenters. The Hall–Kier alpha value is -3.17. The van der Waals surface area contributed by atoms with Crippen LogP contribution in [-0.2, 0) is 27.5 Å². The number of amides is 3. The predicted molar refractivity (Wildman–Crippen MR) is 139 cm³/mol. The molecule has 0 radical (unpaired) electrons. The van der Waals surface area contributed by atoms with Crippen LogP contribution in [0.3, 0.4) is 0 Å². The number of thioether (sulfide) groups is 1. The van der Waals surface area contributed by atoms with Gasteiger partial charge < -0.3 is 20.3 Å². The van der Waals surface area contributed by atoms with E-state index in [0.717, 1.165) is 24.2 Å². The Bertz CT molecular complexity index is 1070. The number of carbonyl (C=O) groups excluding carboxylic acids is 3. The number of hydrogen-bond donors (Lipinski definition) is 2. The number of nitrogens with one attached hydrogen (secondary N) is 2. The van der Waals surface area contributed by atoms with E-state index in [4.69, 9.17) is 4.74 Å². The van der Waals surface area contributed by atoms with Crippen molar-refractivity contribution < 1.29 is 19.1 Å². The first-order valence-corrected chi connectivity index (χ1v) is 12.7. The van der Waals surface area contributed by atoms with E-state index in [1.807, 2.05) is 49.9 Å². The lowest BCUT2D eigenvalue weighted by Crippen LogP contribution is -2.28. The zero-order valence-electron chi connectivity index (χ0n) is 20.4. The molecule has 3 amide bonds. The monoisotopic (exact) mass is 496 g/mol. The summed E-state index contributed by atoms with van der Waals surface area (Å²) in [4.78, 5) is 43.5. The Morgan fingerprint density at radius 1 is 1.06 bits per heavy atom. The van der Waals surface area contributed by atoms with Crippen LogP contribution in [0.25, 0.3) is 0 Å². The molecule has 0 bridgehead atoms. The van der Waals surface area contributed by atoms with Gasteiger partial charge in [0.1, 0.15) is 5.25 Å². The number of anilines is 1. The molecule has 1 atom stereocenters. The van der Waals surface area contributed by atoms with Crippen LogP contribution < -0.4 is 10.6 Å². The topological polar surface area (TPSA) is 100 Å². The predicted octanol–water partition coefficient (Wildman–Crippen LogP) is 3.82. The van der Waals surface area contributed by atoms with Gasteiger partial charge in [0.15, 0.2) is 5.17 Å². The fraction of sp³-hybridized carbons (Fsp3) is 0.385. The van der Waals surface area contributed by atoms with Gasteiger partial charge in [0.2, 0.25) is 5.91 Å². The van der Waals surface area contributed by atoms with Crippen molar-refractivity contribution in [3.05, 3.63) is 65.2 Å². The van der Waals surface area contributed by atoms with E-state index in [1.54, 1.807) is 24.3 Å². The highest BCUT2D eigenvalue weighted by Crippen LogP contribution is 2.27. The molecule has 2 N–H and O–H groups in total. The molecule has 3 rings (SSSR count). The van der Waals surface area contributed by atoms with Crippen LogP contribution in [-0.4, -0.2) is 52.7 Å². The van der Waals surface area contributed by atoms with E-state index < -0.39 is 5.25 Å². The second-order valence-electron chi connectivity index (χ2n) is 7.98. The molecule has 8 nitrogen and oxygen atoms in total. The quantitative estimate of drug-likeness (QED) is 0.491. The maximum absolute atomic E-state index is 12.6. The molecule has 0 saturated carbocycles. The average molecular weight is 497 g/mol. The van der Waals surface area contributed by atoms with E-state index in [9.17, 15) is 14.4 Å². The van der Waals surface area contributed by atoms with Crippen LogP contribution in [0.2, 0.25) is 0 Å².